The minimum absolute atomic E-state index is 0.406. The fourth-order valence-corrected chi connectivity index (χ4v) is 2.02. The molecule has 1 heteroatoms. The van der Waals surface area contributed by atoms with Crippen LogP contribution in [0.5, 0.6) is 0 Å². The van der Waals surface area contributed by atoms with Crippen molar-refractivity contribution in [1.82, 2.24) is 0 Å². The monoisotopic (exact) mass is 154 g/mol. The molecule has 0 radical (unpaired) electrons. The molecule has 1 nitrogen and oxygen atoms in total. The highest BCUT2D eigenvalue weighted by Gasteiger charge is 2.23. The molecule has 0 heterocycles. The van der Waals surface area contributed by atoms with Crippen molar-refractivity contribution in [2.75, 3.05) is 0 Å². The molecule has 2 unspecified atom stereocenters. The third-order valence-electron chi connectivity index (χ3n) is 2.74. The molecule has 0 aromatic heterocycles. The number of hydrogen-bond acceptors (Lipinski definition) is 1. The van der Waals surface area contributed by atoms with Gasteiger partial charge in [-0.3, -0.25) is 4.79 Å². The average Bonchev–Trinajstić information content (AvgIpc) is 2.03. The van der Waals surface area contributed by atoms with E-state index >= 15 is 0 Å². The third kappa shape index (κ3) is 2.32. The van der Waals surface area contributed by atoms with E-state index in [1.165, 1.54) is 12.8 Å². The molecule has 64 valence electrons. The summed E-state index contributed by atoms with van der Waals surface area (Å²) in [6.45, 7) is 4.23. The second-order valence-corrected chi connectivity index (χ2v) is 3.79. The highest BCUT2D eigenvalue weighted by Crippen LogP contribution is 2.29. The van der Waals surface area contributed by atoms with Crippen molar-refractivity contribution >= 4 is 5.78 Å². The van der Waals surface area contributed by atoms with Crippen molar-refractivity contribution in [1.29, 1.82) is 0 Å². The van der Waals surface area contributed by atoms with Crippen LogP contribution < -0.4 is 0 Å². The maximum Gasteiger partial charge on any atom is 0.135 e. The number of hydrogen-bond donors (Lipinski definition) is 0. The molecular weight excluding hydrogens is 136 g/mol. The lowest BCUT2D eigenvalue weighted by Gasteiger charge is -2.25. The quantitative estimate of drug-likeness (QED) is 0.597. The number of ketones is 1. The van der Waals surface area contributed by atoms with Crippen molar-refractivity contribution in [2.45, 2.75) is 46.0 Å². The number of Topliss-reactive ketones (excluding diaryl/α,β-unsaturated/α-hetero) is 1. The minimum Gasteiger partial charge on any atom is -0.299 e. The third-order valence-corrected chi connectivity index (χ3v) is 2.74. The summed E-state index contributed by atoms with van der Waals surface area (Å²) in [5.41, 5.74) is 0. The van der Waals surface area contributed by atoms with E-state index < -0.39 is 0 Å². The molecule has 2 atom stereocenters. The van der Waals surface area contributed by atoms with Crippen molar-refractivity contribution in [3.8, 4) is 0 Å². The highest BCUT2D eigenvalue weighted by molar-refractivity contribution is 5.80. The summed E-state index contributed by atoms with van der Waals surface area (Å²) in [6.07, 6.45) is 5.62. The van der Waals surface area contributed by atoms with Crippen LogP contribution in [0, 0.1) is 11.8 Å². The summed E-state index contributed by atoms with van der Waals surface area (Å²) in [4.78, 5) is 11.3. The lowest BCUT2D eigenvalue weighted by atomic mass is 9.80. The lowest BCUT2D eigenvalue weighted by molar-refractivity contribution is -0.123. The van der Waals surface area contributed by atoms with Crippen LogP contribution in [0.25, 0.3) is 0 Å². The van der Waals surface area contributed by atoms with Crippen LogP contribution in [0.15, 0.2) is 0 Å². The van der Waals surface area contributed by atoms with Crippen LogP contribution >= 0.6 is 0 Å². The zero-order chi connectivity index (χ0) is 8.27. The molecule has 0 aromatic carbocycles. The predicted octanol–water partition coefficient (Wildman–Crippen LogP) is 2.79. The topological polar surface area (TPSA) is 17.1 Å². The normalized spacial score (nSPS) is 31.8. The van der Waals surface area contributed by atoms with Gasteiger partial charge in [-0.2, -0.15) is 0 Å². The zero-order valence-electron chi connectivity index (χ0n) is 7.60. The molecule has 11 heavy (non-hydrogen) atoms. The Morgan fingerprint density at radius 2 is 2.18 bits per heavy atom. The molecule has 0 aromatic rings. The molecule has 1 fully saturated rings. The molecule has 0 amide bonds. The van der Waals surface area contributed by atoms with E-state index in [0.29, 0.717) is 11.7 Å². The number of rotatable bonds is 2. The van der Waals surface area contributed by atoms with Crippen molar-refractivity contribution < 1.29 is 4.79 Å². The van der Waals surface area contributed by atoms with Gasteiger partial charge in [0.15, 0.2) is 0 Å². The molecule has 0 spiro atoms. The Bertz CT molecular complexity index is 140. The van der Waals surface area contributed by atoms with Gasteiger partial charge in [-0.25, -0.2) is 0 Å². The van der Waals surface area contributed by atoms with Gasteiger partial charge in [0.2, 0.25) is 0 Å². The van der Waals surface area contributed by atoms with Gasteiger partial charge in [0.05, 0.1) is 0 Å². The maximum atomic E-state index is 11.3. The summed E-state index contributed by atoms with van der Waals surface area (Å²) in [5.74, 6) is 1.67. The van der Waals surface area contributed by atoms with Crippen molar-refractivity contribution in [3.05, 3.63) is 0 Å². The summed E-state index contributed by atoms with van der Waals surface area (Å²) in [7, 11) is 0. The Labute approximate surface area is 69.2 Å². The molecule has 1 saturated carbocycles. The van der Waals surface area contributed by atoms with Gasteiger partial charge in [-0.15, -0.1) is 0 Å². The SMILES string of the molecule is CCC(=O)C1CCCC(C)C1. The summed E-state index contributed by atoms with van der Waals surface area (Å²) >= 11 is 0. The van der Waals surface area contributed by atoms with E-state index in [-0.39, 0.29) is 0 Å². The molecule has 1 aliphatic carbocycles. The van der Waals surface area contributed by atoms with Gasteiger partial charge in [-0.1, -0.05) is 26.7 Å². The zero-order valence-corrected chi connectivity index (χ0v) is 7.60. The molecule has 0 aliphatic heterocycles. The van der Waals surface area contributed by atoms with Crippen LogP contribution in [-0.2, 0) is 4.79 Å². The summed E-state index contributed by atoms with van der Waals surface area (Å²) < 4.78 is 0. The second-order valence-electron chi connectivity index (χ2n) is 3.79. The number of carbonyl (C=O) groups excluding carboxylic acids is 1. The first-order chi connectivity index (χ1) is 5.24. The van der Waals surface area contributed by atoms with Crippen LogP contribution in [0.4, 0.5) is 0 Å². The van der Waals surface area contributed by atoms with Gasteiger partial charge in [0.25, 0.3) is 0 Å². The van der Waals surface area contributed by atoms with Crippen LogP contribution in [-0.4, -0.2) is 5.78 Å². The molecule has 1 rings (SSSR count). The molecule has 0 bridgehead atoms. The molecule has 1 aliphatic rings. The first kappa shape index (κ1) is 8.76. The Balaban J connectivity index is 2.39. The van der Waals surface area contributed by atoms with Gasteiger partial charge < -0.3 is 0 Å². The van der Waals surface area contributed by atoms with E-state index in [1.807, 2.05) is 6.92 Å². The van der Waals surface area contributed by atoms with Crippen LogP contribution in [0.3, 0.4) is 0 Å². The molecule has 0 N–H and O–H groups in total. The largest absolute Gasteiger partial charge is 0.299 e. The first-order valence-corrected chi connectivity index (χ1v) is 4.76. The molecule has 0 saturated heterocycles. The van der Waals surface area contributed by atoms with Gasteiger partial charge >= 0.3 is 0 Å². The standard InChI is InChI=1S/C10H18O/c1-3-10(11)9-6-4-5-8(2)7-9/h8-9H,3-7H2,1-2H3. The van der Waals surface area contributed by atoms with E-state index in [9.17, 15) is 4.79 Å². The second kappa shape index (κ2) is 3.89. The highest BCUT2D eigenvalue weighted by atomic mass is 16.1. The Morgan fingerprint density at radius 1 is 1.45 bits per heavy atom. The van der Waals surface area contributed by atoms with E-state index in [1.54, 1.807) is 0 Å². The fourth-order valence-electron chi connectivity index (χ4n) is 2.02. The van der Waals surface area contributed by atoms with Crippen molar-refractivity contribution in [2.24, 2.45) is 11.8 Å². The Morgan fingerprint density at radius 3 is 2.73 bits per heavy atom. The van der Waals surface area contributed by atoms with Gasteiger partial charge in [-0.05, 0) is 18.8 Å². The maximum absolute atomic E-state index is 11.3. The Kier molecular flexibility index (Phi) is 3.10. The van der Waals surface area contributed by atoms with Gasteiger partial charge in [0.1, 0.15) is 5.78 Å². The summed E-state index contributed by atoms with van der Waals surface area (Å²) in [5, 5.41) is 0. The fraction of sp³-hybridized carbons (Fsp3) is 0.900. The van der Waals surface area contributed by atoms with Crippen molar-refractivity contribution in [3.63, 3.8) is 0 Å². The van der Waals surface area contributed by atoms with Gasteiger partial charge in [0, 0.05) is 12.3 Å². The lowest BCUT2D eigenvalue weighted by Crippen LogP contribution is -2.20. The predicted molar refractivity (Wildman–Crippen MR) is 46.4 cm³/mol. The van der Waals surface area contributed by atoms with Crippen LogP contribution in [0.1, 0.15) is 46.0 Å². The summed E-state index contributed by atoms with van der Waals surface area (Å²) in [6, 6.07) is 0. The smallest absolute Gasteiger partial charge is 0.135 e. The van der Waals surface area contributed by atoms with Crippen LogP contribution in [0.2, 0.25) is 0 Å². The minimum atomic E-state index is 0.406. The van der Waals surface area contributed by atoms with E-state index in [4.69, 9.17) is 0 Å². The van der Waals surface area contributed by atoms with E-state index in [0.717, 1.165) is 25.2 Å². The van der Waals surface area contributed by atoms with E-state index in [2.05, 4.69) is 6.92 Å². The first-order valence-electron chi connectivity index (χ1n) is 4.76. The Hall–Kier alpha value is -0.330. The molecular formula is C10H18O. The average molecular weight is 154 g/mol. The number of carbonyl (C=O) groups is 1.